The molecule has 9 heteroatoms. The smallest absolute Gasteiger partial charge is 0.320 e. The minimum atomic E-state index is -0.210. The molecule has 1 saturated heterocycles. The molecule has 0 unspecified atom stereocenters. The molecule has 4 heterocycles. The molecule has 1 aliphatic rings. The molecular formula is C21H27N7OS. The summed E-state index contributed by atoms with van der Waals surface area (Å²) in [5.74, 6) is 2.02. The Morgan fingerprint density at radius 2 is 2.13 bits per heavy atom. The first kappa shape index (κ1) is 20.5. The van der Waals surface area contributed by atoms with E-state index in [-0.39, 0.29) is 6.03 Å². The topological polar surface area (TPSA) is 88.0 Å². The third-order valence-corrected chi connectivity index (χ3v) is 6.17. The Kier molecular flexibility index (Phi) is 6.39. The second kappa shape index (κ2) is 9.36. The van der Waals surface area contributed by atoms with Gasteiger partial charge in [-0.1, -0.05) is 6.07 Å². The van der Waals surface area contributed by atoms with Gasteiger partial charge in [0.2, 0.25) is 0 Å². The zero-order valence-electron chi connectivity index (χ0n) is 17.3. The Morgan fingerprint density at radius 1 is 1.30 bits per heavy atom. The second-order valence-corrected chi connectivity index (χ2v) is 8.40. The van der Waals surface area contributed by atoms with Crippen LogP contribution in [0.4, 0.5) is 10.6 Å². The molecule has 1 fully saturated rings. The monoisotopic (exact) mass is 425 g/mol. The van der Waals surface area contributed by atoms with E-state index in [2.05, 4.69) is 44.1 Å². The van der Waals surface area contributed by atoms with E-state index in [9.17, 15) is 4.79 Å². The number of urea groups is 1. The molecule has 30 heavy (non-hydrogen) atoms. The number of aryl methyl sites for hydroxylation is 1. The molecule has 0 atom stereocenters. The highest BCUT2D eigenvalue weighted by Gasteiger charge is 2.23. The van der Waals surface area contributed by atoms with E-state index in [1.54, 1.807) is 10.9 Å². The average molecular weight is 426 g/mol. The maximum Gasteiger partial charge on any atom is 0.320 e. The first-order valence-corrected chi connectivity index (χ1v) is 11.1. The number of piperidine rings is 1. The number of anilines is 1. The summed E-state index contributed by atoms with van der Waals surface area (Å²) in [6, 6.07) is 7.93. The number of amides is 2. The fourth-order valence-corrected chi connectivity index (χ4v) is 4.63. The number of nitrogens with one attached hydrogen (secondary N) is 2. The third-order valence-electron chi connectivity index (χ3n) is 5.40. The molecule has 1 aliphatic heterocycles. The molecule has 0 saturated carbocycles. The molecule has 0 aromatic carbocycles. The van der Waals surface area contributed by atoms with Gasteiger partial charge < -0.3 is 5.32 Å². The van der Waals surface area contributed by atoms with Crippen LogP contribution in [0.1, 0.15) is 41.8 Å². The number of aromatic nitrogens is 4. The van der Waals surface area contributed by atoms with Gasteiger partial charge in [0, 0.05) is 36.1 Å². The lowest BCUT2D eigenvalue weighted by Gasteiger charge is -2.32. The van der Waals surface area contributed by atoms with Crippen molar-refractivity contribution in [2.24, 2.45) is 0 Å². The summed E-state index contributed by atoms with van der Waals surface area (Å²) in [6.07, 6.45) is 5.91. The second-order valence-electron chi connectivity index (χ2n) is 7.51. The van der Waals surface area contributed by atoms with Crippen LogP contribution in [0.25, 0.3) is 5.82 Å². The molecule has 0 aliphatic carbocycles. The molecule has 0 radical (unpaired) electrons. The minimum absolute atomic E-state index is 0.210. The first-order chi connectivity index (χ1) is 14.6. The standard InChI is InChI=1S/C21H27N7OS/c1-3-22-21(29)25-19-13-17(30-26-19)14-27-11-7-16(8-12-27)18-5-6-20(24-15(18)2)28-10-4-9-23-28/h4-6,9-10,13,16H,3,7-8,11-12,14H2,1-2H3,(H2,22,25,26,29). The van der Waals surface area contributed by atoms with Crippen LogP contribution >= 0.6 is 11.5 Å². The quantitative estimate of drug-likeness (QED) is 0.631. The van der Waals surface area contributed by atoms with Gasteiger partial charge in [0.25, 0.3) is 0 Å². The fourth-order valence-electron chi connectivity index (χ4n) is 3.91. The average Bonchev–Trinajstić information content (AvgIpc) is 3.41. The van der Waals surface area contributed by atoms with E-state index in [0.717, 1.165) is 44.0 Å². The van der Waals surface area contributed by atoms with Crippen molar-refractivity contribution >= 4 is 23.4 Å². The van der Waals surface area contributed by atoms with Crippen molar-refractivity contribution < 1.29 is 4.79 Å². The van der Waals surface area contributed by atoms with E-state index in [1.165, 1.54) is 22.0 Å². The van der Waals surface area contributed by atoms with Gasteiger partial charge in [0.15, 0.2) is 5.82 Å². The number of carbonyl (C=O) groups is 1. The number of hydrogen-bond donors (Lipinski definition) is 2. The highest BCUT2D eigenvalue weighted by Crippen LogP contribution is 2.31. The van der Waals surface area contributed by atoms with Gasteiger partial charge >= 0.3 is 6.03 Å². The largest absolute Gasteiger partial charge is 0.338 e. The Bertz CT molecular complexity index is 977. The van der Waals surface area contributed by atoms with E-state index < -0.39 is 0 Å². The molecule has 2 amide bonds. The first-order valence-electron chi connectivity index (χ1n) is 10.3. The molecular weight excluding hydrogens is 398 g/mol. The summed E-state index contributed by atoms with van der Waals surface area (Å²) in [6.45, 7) is 7.54. The highest BCUT2D eigenvalue weighted by atomic mass is 32.1. The van der Waals surface area contributed by atoms with Gasteiger partial charge in [0.1, 0.15) is 5.82 Å². The number of carbonyl (C=O) groups excluding carboxylic acids is 1. The van der Waals surface area contributed by atoms with Crippen LogP contribution in [0.15, 0.2) is 36.7 Å². The van der Waals surface area contributed by atoms with Gasteiger partial charge in [-0.05, 0) is 81.0 Å². The van der Waals surface area contributed by atoms with Crippen LogP contribution in [-0.2, 0) is 6.54 Å². The van der Waals surface area contributed by atoms with Gasteiger partial charge in [-0.2, -0.15) is 9.47 Å². The minimum Gasteiger partial charge on any atom is -0.338 e. The van der Waals surface area contributed by atoms with Gasteiger partial charge in [-0.25, -0.2) is 14.5 Å². The van der Waals surface area contributed by atoms with Gasteiger partial charge in [0.05, 0.1) is 0 Å². The van der Waals surface area contributed by atoms with Crippen molar-refractivity contribution in [3.63, 3.8) is 0 Å². The van der Waals surface area contributed by atoms with Gasteiger partial charge in [-0.3, -0.25) is 10.2 Å². The van der Waals surface area contributed by atoms with Crippen LogP contribution in [0.3, 0.4) is 0 Å². The molecule has 4 rings (SSSR count). The van der Waals surface area contributed by atoms with E-state index >= 15 is 0 Å². The zero-order chi connectivity index (χ0) is 20.9. The molecule has 3 aromatic rings. The molecule has 0 spiro atoms. The lowest BCUT2D eigenvalue weighted by Crippen LogP contribution is -2.32. The van der Waals surface area contributed by atoms with Crippen LogP contribution < -0.4 is 10.6 Å². The summed E-state index contributed by atoms with van der Waals surface area (Å²) < 4.78 is 6.13. The van der Waals surface area contributed by atoms with E-state index in [4.69, 9.17) is 4.98 Å². The van der Waals surface area contributed by atoms with Crippen LogP contribution in [0, 0.1) is 6.92 Å². The lowest BCUT2D eigenvalue weighted by atomic mass is 9.88. The third kappa shape index (κ3) is 4.85. The Balaban J connectivity index is 1.31. The van der Waals surface area contributed by atoms with Crippen LogP contribution in [0.5, 0.6) is 0 Å². The van der Waals surface area contributed by atoms with Crippen molar-refractivity contribution in [2.75, 3.05) is 25.0 Å². The summed E-state index contributed by atoms with van der Waals surface area (Å²) in [7, 11) is 0. The normalized spacial score (nSPS) is 15.3. The molecule has 0 bridgehead atoms. The predicted octanol–water partition coefficient (Wildman–Crippen LogP) is 3.55. The van der Waals surface area contributed by atoms with E-state index in [0.29, 0.717) is 18.3 Å². The van der Waals surface area contributed by atoms with Gasteiger partial charge in [-0.15, -0.1) is 0 Å². The predicted molar refractivity (Wildman–Crippen MR) is 118 cm³/mol. The van der Waals surface area contributed by atoms with Crippen molar-refractivity contribution in [3.8, 4) is 5.82 Å². The van der Waals surface area contributed by atoms with Crippen molar-refractivity contribution in [3.05, 3.63) is 52.8 Å². The van der Waals surface area contributed by atoms with Crippen molar-refractivity contribution in [1.82, 2.24) is 29.4 Å². The molecule has 2 N–H and O–H groups in total. The summed E-state index contributed by atoms with van der Waals surface area (Å²) in [5.41, 5.74) is 2.43. The number of rotatable bonds is 6. The fraction of sp³-hybridized carbons (Fsp3) is 0.429. The lowest BCUT2D eigenvalue weighted by molar-refractivity contribution is 0.206. The maximum atomic E-state index is 11.6. The van der Waals surface area contributed by atoms with E-state index in [1.807, 2.05) is 25.3 Å². The SMILES string of the molecule is CCNC(=O)Nc1cc(CN2CCC(c3ccc(-n4cccn4)nc3C)CC2)sn1. The van der Waals surface area contributed by atoms with Crippen LogP contribution in [-0.4, -0.2) is 49.7 Å². The number of pyridine rings is 1. The molecule has 158 valence electrons. The Morgan fingerprint density at radius 3 is 2.83 bits per heavy atom. The highest BCUT2D eigenvalue weighted by molar-refractivity contribution is 7.06. The number of nitrogens with zero attached hydrogens (tertiary/aromatic N) is 5. The zero-order valence-corrected chi connectivity index (χ0v) is 18.2. The number of hydrogen-bond acceptors (Lipinski definition) is 6. The molecule has 8 nitrogen and oxygen atoms in total. The summed E-state index contributed by atoms with van der Waals surface area (Å²) in [5, 5.41) is 9.75. The van der Waals surface area contributed by atoms with Crippen LogP contribution in [0.2, 0.25) is 0 Å². The Hall–Kier alpha value is -2.78. The van der Waals surface area contributed by atoms with Crippen molar-refractivity contribution in [1.29, 1.82) is 0 Å². The summed E-state index contributed by atoms with van der Waals surface area (Å²) >= 11 is 1.45. The maximum absolute atomic E-state index is 11.6. The van der Waals surface area contributed by atoms with Crippen molar-refractivity contribution in [2.45, 2.75) is 39.2 Å². The summed E-state index contributed by atoms with van der Waals surface area (Å²) in [4.78, 5) is 20.0. The Labute approximate surface area is 180 Å². The number of likely N-dealkylation sites (tertiary alicyclic amines) is 1. The molecule has 3 aromatic heterocycles.